The summed E-state index contributed by atoms with van der Waals surface area (Å²) >= 11 is 0. The SMILES string of the molecule is CC(=O)NC1CCCCCCOc2cccc(C)c2-c2cccc(c2)[C@H](CC(=O)O)NC1=O. The number of carbonyl (C=O) groups is 3. The van der Waals surface area contributed by atoms with Crippen LogP contribution in [0, 0.1) is 6.92 Å². The quantitative estimate of drug-likeness (QED) is 0.649. The number of carboxylic acid groups (broad SMARTS) is 1. The van der Waals surface area contributed by atoms with Crippen LogP contribution in [0.5, 0.6) is 5.75 Å². The zero-order valence-corrected chi connectivity index (χ0v) is 19.2. The molecule has 2 bridgehead atoms. The van der Waals surface area contributed by atoms with Gasteiger partial charge < -0.3 is 20.5 Å². The van der Waals surface area contributed by atoms with Crippen molar-refractivity contribution < 1.29 is 24.2 Å². The average molecular weight is 453 g/mol. The Kier molecular flexibility index (Phi) is 8.46. The summed E-state index contributed by atoms with van der Waals surface area (Å²) in [6.45, 7) is 3.98. The number of fused-ring (bicyclic) bond motifs is 4. The van der Waals surface area contributed by atoms with Crippen LogP contribution in [0.15, 0.2) is 42.5 Å². The van der Waals surface area contributed by atoms with Crippen LogP contribution in [0.1, 0.15) is 62.6 Å². The summed E-state index contributed by atoms with van der Waals surface area (Å²) < 4.78 is 6.13. The lowest BCUT2D eigenvalue weighted by Crippen LogP contribution is -2.47. The number of hydrogen-bond donors (Lipinski definition) is 3. The van der Waals surface area contributed by atoms with Crippen LogP contribution in [0.4, 0.5) is 0 Å². The number of rotatable bonds is 3. The predicted molar refractivity (Wildman–Crippen MR) is 126 cm³/mol. The fraction of sp³-hybridized carbons (Fsp3) is 0.423. The van der Waals surface area contributed by atoms with E-state index in [1.54, 1.807) is 0 Å². The minimum absolute atomic E-state index is 0.265. The molecule has 2 amide bonds. The van der Waals surface area contributed by atoms with Gasteiger partial charge in [-0.25, -0.2) is 0 Å². The molecule has 33 heavy (non-hydrogen) atoms. The van der Waals surface area contributed by atoms with Gasteiger partial charge in [-0.3, -0.25) is 14.4 Å². The molecule has 0 spiro atoms. The molecule has 1 unspecified atom stereocenters. The highest BCUT2D eigenvalue weighted by molar-refractivity contribution is 5.87. The third-order valence-electron chi connectivity index (χ3n) is 5.85. The third kappa shape index (κ3) is 6.81. The van der Waals surface area contributed by atoms with Crippen molar-refractivity contribution in [2.75, 3.05) is 6.61 Å². The molecule has 1 heterocycles. The molecule has 2 aromatic rings. The fourth-order valence-electron chi connectivity index (χ4n) is 4.24. The first-order valence-corrected chi connectivity index (χ1v) is 11.5. The second-order valence-electron chi connectivity index (χ2n) is 8.54. The Morgan fingerprint density at radius 1 is 1.12 bits per heavy atom. The molecule has 7 nitrogen and oxygen atoms in total. The molecular weight excluding hydrogens is 420 g/mol. The molecule has 7 heteroatoms. The van der Waals surface area contributed by atoms with Crippen LogP contribution in [0.3, 0.4) is 0 Å². The number of ether oxygens (including phenoxy) is 1. The lowest BCUT2D eigenvalue weighted by Gasteiger charge is -2.24. The van der Waals surface area contributed by atoms with E-state index >= 15 is 0 Å². The average Bonchev–Trinajstić information content (AvgIpc) is 2.76. The van der Waals surface area contributed by atoms with Gasteiger partial charge in [-0.2, -0.15) is 0 Å². The Hall–Kier alpha value is -3.35. The Bertz CT molecular complexity index is 1000. The molecule has 0 radical (unpaired) electrons. The van der Waals surface area contributed by atoms with Gasteiger partial charge in [-0.15, -0.1) is 0 Å². The van der Waals surface area contributed by atoms with E-state index in [4.69, 9.17) is 4.74 Å². The standard InChI is InChI=1S/C26H32N2O5/c1-17-9-7-13-23-25(17)20-11-8-10-19(15-20)22(16-24(30)31)28-26(32)21(27-18(2)29)12-5-3-4-6-14-33-23/h7-11,13,15,21-22H,3-6,12,14,16H2,1-2H3,(H,27,29)(H,28,32)(H,30,31)/t21?,22-/m0/s1. The zero-order chi connectivity index (χ0) is 23.8. The molecule has 0 saturated heterocycles. The maximum absolute atomic E-state index is 13.0. The van der Waals surface area contributed by atoms with Crippen molar-refractivity contribution in [2.45, 2.75) is 64.5 Å². The van der Waals surface area contributed by atoms with Crippen molar-refractivity contribution >= 4 is 17.8 Å². The van der Waals surface area contributed by atoms with Crippen molar-refractivity contribution in [2.24, 2.45) is 0 Å². The first kappa shape index (κ1) is 24.3. The molecule has 2 aromatic carbocycles. The van der Waals surface area contributed by atoms with Crippen molar-refractivity contribution in [1.29, 1.82) is 0 Å². The highest BCUT2D eigenvalue weighted by Crippen LogP contribution is 2.35. The molecule has 0 aliphatic carbocycles. The van der Waals surface area contributed by atoms with E-state index in [1.165, 1.54) is 6.92 Å². The normalized spacial score (nSPS) is 19.5. The van der Waals surface area contributed by atoms with E-state index in [2.05, 4.69) is 10.6 Å². The maximum Gasteiger partial charge on any atom is 0.305 e. The molecule has 1 aliphatic heterocycles. The number of amides is 2. The fourth-order valence-corrected chi connectivity index (χ4v) is 4.24. The molecule has 0 aromatic heterocycles. The van der Waals surface area contributed by atoms with Crippen molar-refractivity contribution in [3.63, 3.8) is 0 Å². The van der Waals surface area contributed by atoms with Crippen LogP contribution < -0.4 is 15.4 Å². The second-order valence-corrected chi connectivity index (χ2v) is 8.54. The monoisotopic (exact) mass is 452 g/mol. The van der Waals surface area contributed by atoms with E-state index in [-0.39, 0.29) is 18.2 Å². The molecule has 176 valence electrons. The molecule has 0 fully saturated rings. The zero-order valence-electron chi connectivity index (χ0n) is 19.2. The van der Waals surface area contributed by atoms with E-state index in [9.17, 15) is 19.5 Å². The predicted octanol–water partition coefficient (Wildman–Crippen LogP) is 4.14. The van der Waals surface area contributed by atoms with Crippen LogP contribution in [0.25, 0.3) is 11.1 Å². The van der Waals surface area contributed by atoms with Gasteiger partial charge in [0.25, 0.3) is 0 Å². The van der Waals surface area contributed by atoms with E-state index in [0.717, 1.165) is 48.1 Å². The van der Waals surface area contributed by atoms with E-state index in [0.29, 0.717) is 18.6 Å². The number of carbonyl (C=O) groups excluding carboxylic acids is 2. The van der Waals surface area contributed by atoms with Gasteiger partial charge >= 0.3 is 5.97 Å². The molecule has 3 N–H and O–H groups in total. The van der Waals surface area contributed by atoms with Crippen LogP contribution in [-0.4, -0.2) is 35.5 Å². The van der Waals surface area contributed by atoms with Gasteiger partial charge in [0, 0.05) is 12.5 Å². The number of aliphatic carboxylic acids is 1. The summed E-state index contributed by atoms with van der Waals surface area (Å²) in [6.07, 6.45) is 3.75. The maximum atomic E-state index is 13.0. The minimum Gasteiger partial charge on any atom is -0.493 e. The largest absolute Gasteiger partial charge is 0.493 e. The summed E-state index contributed by atoms with van der Waals surface area (Å²) in [6, 6.07) is 12.0. The van der Waals surface area contributed by atoms with Gasteiger partial charge in [-0.1, -0.05) is 49.6 Å². The van der Waals surface area contributed by atoms with Crippen molar-refractivity contribution in [3.8, 4) is 16.9 Å². The molecule has 2 atom stereocenters. The van der Waals surface area contributed by atoms with Gasteiger partial charge in [-0.05, 0) is 48.6 Å². The summed E-state index contributed by atoms with van der Waals surface area (Å²) in [5.74, 6) is -0.879. The Morgan fingerprint density at radius 2 is 1.88 bits per heavy atom. The number of nitrogens with one attached hydrogen (secondary N) is 2. The number of aryl methyl sites for hydroxylation is 1. The third-order valence-corrected chi connectivity index (χ3v) is 5.85. The van der Waals surface area contributed by atoms with Crippen molar-refractivity contribution in [3.05, 3.63) is 53.6 Å². The Morgan fingerprint density at radius 3 is 2.64 bits per heavy atom. The van der Waals surface area contributed by atoms with Gasteiger partial charge in [0.1, 0.15) is 11.8 Å². The first-order valence-electron chi connectivity index (χ1n) is 11.5. The van der Waals surface area contributed by atoms with Gasteiger partial charge in [0.15, 0.2) is 0 Å². The van der Waals surface area contributed by atoms with Crippen LogP contribution in [-0.2, 0) is 14.4 Å². The van der Waals surface area contributed by atoms with Gasteiger partial charge in [0.05, 0.1) is 19.1 Å². The number of carboxylic acids is 1. The van der Waals surface area contributed by atoms with Crippen molar-refractivity contribution in [1.82, 2.24) is 10.6 Å². The highest BCUT2D eigenvalue weighted by Gasteiger charge is 2.25. The second kappa shape index (κ2) is 11.5. The minimum atomic E-state index is -1.02. The Balaban J connectivity index is 2.02. The highest BCUT2D eigenvalue weighted by atomic mass is 16.5. The van der Waals surface area contributed by atoms with E-state index in [1.807, 2.05) is 49.4 Å². The van der Waals surface area contributed by atoms with Crippen LogP contribution in [0.2, 0.25) is 0 Å². The Labute approximate surface area is 194 Å². The van der Waals surface area contributed by atoms with Gasteiger partial charge in [0.2, 0.25) is 11.8 Å². The van der Waals surface area contributed by atoms with E-state index < -0.39 is 18.1 Å². The lowest BCUT2D eigenvalue weighted by atomic mass is 9.94. The molecular formula is C26H32N2O5. The summed E-state index contributed by atoms with van der Waals surface area (Å²) in [7, 11) is 0. The first-order chi connectivity index (χ1) is 15.8. The topological polar surface area (TPSA) is 105 Å². The summed E-state index contributed by atoms with van der Waals surface area (Å²) in [5.41, 5.74) is 3.60. The molecule has 3 rings (SSSR count). The molecule has 0 saturated carbocycles. The number of benzene rings is 2. The number of hydrogen-bond acceptors (Lipinski definition) is 4. The molecule has 1 aliphatic rings. The summed E-state index contributed by atoms with van der Waals surface area (Å²) in [5, 5.41) is 15.1. The lowest BCUT2D eigenvalue weighted by molar-refractivity contribution is -0.138. The summed E-state index contributed by atoms with van der Waals surface area (Å²) in [4.78, 5) is 36.3. The smallest absolute Gasteiger partial charge is 0.305 e. The van der Waals surface area contributed by atoms with Crippen LogP contribution >= 0.6 is 0 Å².